The number of carbonyl (C=O) groups excluding carboxylic acids is 1. The zero-order valence-electron chi connectivity index (χ0n) is 9.45. The summed E-state index contributed by atoms with van der Waals surface area (Å²) in [5.74, 6) is -0.376. The second-order valence-electron chi connectivity index (χ2n) is 3.61. The summed E-state index contributed by atoms with van der Waals surface area (Å²) in [7, 11) is 0. The van der Waals surface area contributed by atoms with Crippen LogP contribution in [0.5, 0.6) is 0 Å². The average Bonchev–Trinajstić information content (AvgIpc) is 2.30. The number of benzene rings is 1. The van der Waals surface area contributed by atoms with Crippen molar-refractivity contribution in [2.75, 3.05) is 6.61 Å². The molecule has 0 aliphatic carbocycles. The van der Waals surface area contributed by atoms with Crippen molar-refractivity contribution in [3.8, 4) is 0 Å². The van der Waals surface area contributed by atoms with Gasteiger partial charge in [0.2, 0.25) is 0 Å². The molecule has 1 aromatic rings. The molecule has 0 fully saturated rings. The van der Waals surface area contributed by atoms with Gasteiger partial charge in [-0.2, -0.15) is 0 Å². The molecule has 0 saturated heterocycles. The van der Waals surface area contributed by atoms with Crippen LogP contribution in [0, 0.1) is 0 Å². The first kappa shape index (κ1) is 14.7. The van der Waals surface area contributed by atoms with Crippen molar-refractivity contribution in [1.29, 1.82) is 0 Å². The Bertz CT molecular complexity index is 393. The van der Waals surface area contributed by atoms with Gasteiger partial charge in [0.05, 0.1) is 19.1 Å². The van der Waals surface area contributed by atoms with E-state index in [2.05, 4.69) is 31.9 Å². The average molecular weight is 366 g/mol. The molecule has 1 N–H and O–H groups in total. The van der Waals surface area contributed by atoms with Crippen LogP contribution in [-0.4, -0.2) is 17.7 Å². The highest BCUT2D eigenvalue weighted by atomic mass is 79.9. The predicted molar refractivity (Wildman–Crippen MR) is 72.7 cm³/mol. The smallest absolute Gasteiger partial charge is 0.308 e. The highest BCUT2D eigenvalue weighted by molar-refractivity contribution is 9.13. The first-order chi connectivity index (χ1) is 8.04. The minimum Gasteiger partial charge on any atom is -0.466 e. The fourth-order valence-electron chi connectivity index (χ4n) is 1.27. The van der Waals surface area contributed by atoms with Crippen LogP contribution in [0.15, 0.2) is 27.1 Å². The van der Waals surface area contributed by atoms with Gasteiger partial charge in [0, 0.05) is 8.95 Å². The Balaban J connectivity index is 2.60. The summed E-state index contributed by atoms with van der Waals surface area (Å²) in [5, 5.41) is 9.87. The Morgan fingerprint density at radius 1 is 1.41 bits per heavy atom. The van der Waals surface area contributed by atoms with E-state index in [0.717, 1.165) is 15.4 Å². The molecule has 0 bridgehead atoms. The lowest BCUT2D eigenvalue weighted by Gasteiger charge is -2.11. The molecule has 0 spiro atoms. The van der Waals surface area contributed by atoms with Gasteiger partial charge in [-0.25, -0.2) is 0 Å². The van der Waals surface area contributed by atoms with E-state index in [1.807, 2.05) is 13.0 Å². The Morgan fingerprint density at radius 2 is 2.12 bits per heavy atom. The minimum atomic E-state index is -0.830. The molecule has 0 saturated carbocycles. The second kappa shape index (κ2) is 7.13. The van der Waals surface area contributed by atoms with Crippen molar-refractivity contribution in [3.05, 3.63) is 32.7 Å². The maximum Gasteiger partial charge on any atom is 0.308 e. The van der Waals surface area contributed by atoms with Crippen LogP contribution in [0.1, 0.15) is 31.4 Å². The van der Waals surface area contributed by atoms with Crippen LogP contribution >= 0.6 is 31.9 Å². The Morgan fingerprint density at radius 3 is 2.71 bits per heavy atom. The van der Waals surface area contributed by atoms with Crippen molar-refractivity contribution in [2.45, 2.75) is 25.9 Å². The number of carbonyl (C=O) groups is 1. The van der Waals surface area contributed by atoms with Crippen molar-refractivity contribution in [3.63, 3.8) is 0 Å². The molecule has 1 atom stereocenters. The third-order valence-corrected chi connectivity index (χ3v) is 4.04. The molecule has 0 amide bonds. The minimum absolute atomic E-state index is 0.0198. The molecule has 1 rings (SSSR count). The molecule has 5 heteroatoms. The van der Waals surface area contributed by atoms with Gasteiger partial charge < -0.3 is 9.84 Å². The molecule has 0 heterocycles. The van der Waals surface area contributed by atoms with Crippen LogP contribution < -0.4 is 0 Å². The standard InChI is InChI=1S/C12H14Br2O3/c1-2-5-17-12(16)7-11(15)8-3-4-9(13)10(14)6-8/h3-4,6,11,15H,2,5,7H2,1H3. The van der Waals surface area contributed by atoms with Crippen LogP contribution in [0.2, 0.25) is 0 Å². The molecule has 3 nitrogen and oxygen atoms in total. The topological polar surface area (TPSA) is 46.5 Å². The summed E-state index contributed by atoms with van der Waals surface area (Å²) < 4.78 is 6.67. The summed E-state index contributed by atoms with van der Waals surface area (Å²) >= 11 is 6.69. The molecule has 0 aromatic heterocycles. The molecule has 1 unspecified atom stereocenters. The van der Waals surface area contributed by atoms with E-state index in [-0.39, 0.29) is 12.4 Å². The van der Waals surface area contributed by atoms with Crippen LogP contribution in [0.25, 0.3) is 0 Å². The number of aliphatic hydroxyl groups is 1. The lowest BCUT2D eigenvalue weighted by Crippen LogP contribution is -2.10. The summed E-state index contributed by atoms with van der Waals surface area (Å²) in [4.78, 5) is 11.3. The first-order valence-corrected chi connectivity index (χ1v) is 6.91. The lowest BCUT2D eigenvalue weighted by atomic mass is 10.1. The summed E-state index contributed by atoms with van der Waals surface area (Å²) in [6.45, 7) is 2.32. The molecule has 0 radical (unpaired) electrons. The van der Waals surface area contributed by atoms with Gasteiger partial charge in [0.25, 0.3) is 0 Å². The summed E-state index contributed by atoms with van der Waals surface area (Å²) in [6, 6.07) is 5.37. The number of hydrogen-bond acceptors (Lipinski definition) is 3. The predicted octanol–water partition coefficient (Wildman–Crippen LogP) is 3.59. The highest BCUT2D eigenvalue weighted by Gasteiger charge is 2.14. The fourth-order valence-corrected chi connectivity index (χ4v) is 1.91. The van der Waals surface area contributed by atoms with Crippen molar-refractivity contribution < 1.29 is 14.6 Å². The van der Waals surface area contributed by atoms with Gasteiger partial charge in [0.15, 0.2) is 0 Å². The van der Waals surface area contributed by atoms with E-state index in [9.17, 15) is 9.90 Å². The van der Waals surface area contributed by atoms with Gasteiger partial charge in [-0.15, -0.1) is 0 Å². The van der Waals surface area contributed by atoms with E-state index in [1.165, 1.54) is 0 Å². The van der Waals surface area contributed by atoms with Crippen LogP contribution in [0.4, 0.5) is 0 Å². The monoisotopic (exact) mass is 364 g/mol. The molecule has 0 aliphatic heterocycles. The molecular formula is C12H14Br2O3. The van der Waals surface area contributed by atoms with E-state index < -0.39 is 6.10 Å². The Kier molecular flexibility index (Phi) is 6.16. The maximum absolute atomic E-state index is 11.3. The van der Waals surface area contributed by atoms with Gasteiger partial charge >= 0.3 is 5.97 Å². The van der Waals surface area contributed by atoms with Crippen LogP contribution in [-0.2, 0) is 9.53 Å². The number of aliphatic hydroxyl groups excluding tert-OH is 1. The highest BCUT2D eigenvalue weighted by Crippen LogP contribution is 2.27. The van der Waals surface area contributed by atoms with Crippen LogP contribution in [0.3, 0.4) is 0 Å². The third-order valence-electron chi connectivity index (χ3n) is 2.16. The van der Waals surface area contributed by atoms with E-state index in [4.69, 9.17) is 4.74 Å². The number of hydrogen-bond donors (Lipinski definition) is 1. The second-order valence-corrected chi connectivity index (χ2v) is 5.32. The number of esters is 1. The number of halogens is 2. The summed E-state index contributed by atoms with van der Waals surface area (Å²) in [5.41, 5.74) is 0.688. The normalized spacial score (nSPS) is 12.2. The zero-order valence-corrected chi connectivity index (χ0v) is 12.6. The van der Waals surface area contributed by atoms with Crippen molar-refractivity contribution in [1.82, 2.24) is 0 Å². The van der Waals surface area contributed by atoms with Gasteiger partial charge in [-0.05, 0) is 56.0 Å². The van der Waals surface area contributed by atoms with Gasteiger partial charge in [-0.3, -0.25) is 4.79 Å². The molecule has 0 aliphatic rings. The van der Waals surface area contributed by atoms with Gasteiger partial charge in [0.1, 0.15) is 0 Å². The fraction of sp³-hybridized carbons (Fsp3) is 0.417. The molecule has 17 heavy (non-hydrogen) atoms. The largest absolute Gasteiger partial charge is 0.466 e. The number of rotatable bonds is 5. The Labute approximate surface area is 117 Å². The van der Waals surface area contributed by atoms with Crippen molar-refractivity contribution in [2.24, 2.45) is 0 Å². The third kappa shape index (κ3) is 4.77. The quantitative estimate of drug-likeness (QED) is 0.811. The molecule has 94 valence electrons. The Hall–Kier alpha value is -0.390. The summed E-state index contributed by atoms with van der Waals surface area (Å²) in [6.07, 6.45) is -0.0662. The van der Waals surface area contributed by atoms with Gasteiger partial charge in [-0.1, -0.05) is 13.0 Å². The van der Waals surface area contributed by atoms with E-state index >= 15 is 0 Å². The van der Waals surface area contributed by atoms with E-state index in [0.29, 0.717) is 12.2 Å². The SMILES string of the molecule is CCCOC(=O)CC(O)c1ccc(Br)c(Br)c1. The molecular weight excluding hydrogens is 352 g/mol. The molecule has 1 aromatic carbocycles. The van der Waals surface area contributed by atoms with E-state index in [1.54, 1.807) is 12.1 Å². The number of ether oxygens (including phenoxy) is 1. The zero-order chi connectivity index (χ0) is 12.8. The first-order valence-electron chi connectivity index (χ1n) is 5.33. The lowest BCUT2D eigenvalue weighted by molar-refractivity contribution is -0.146. The van der Waals surface area contributed by atoms with Crippen molar-refractivity contribution >= 4 is 37.8 Å². The maximum atomic E-state index is 11.3.